The van der Waals surface area contributed by atoms with Crippen molar-refractivity contribution in [1.29, 1.82) is 0 Å². The first-order valence-corrected chi connectivity index (χ1v) is 7.29. The van der Waals surface area contributed by atoms with E-state index in [2.05, 4.69) is 0 Å². The maximum atomic E-state index is 12.1. The van der Waals surface area contributed by atoms with Crippen molar-refractivity contribution in [2.75, 3.05) is 20.3 Å². The van der Waals surface area contributed by atoms with E-state index in [1.54, 1.807) is 0 Å². The molecule has 0 aromatic heterocycles. The molecule has 0 amide bonds. The Balaban J connectivity index is 1.87. The molecule has 1 aliphatic carbocycles. The Morgan fingerprint density at radius 1 is 1.35 bits per heavy atom. The molecule has 0 aromatic rings. The minimum atomic E-state index is -0.678. The van der Waals surface area contributed by atoms with E-state index in [0.29, 0.717) is 25.6 Å². The van der Waals surface area contributed by atoms with Gasteiger partial charge in [-0.05, 0) is 32.6 Å². The van der Waals surface area contributed by atoms with Crippen molar-refractivity contribution in [3.63, 3.8) is 0 Å². The summed E-state index contributed by atoms with van der Waals surface area (Å²) in [5.74, 6) is -0.0842. The molecule has 20 heavy (non-hydrogen) atoms. The van der Waals surface area contributed by atoms with Gasteiger partial charge in [-0.2, -0.15) is 0 Å². The zero-order valence-corrected chi connectivity index (χ0v) is 12.5. The number of carbonyl (C=O) groups is 2. The summed E-state index contributed by atoms with van der Waals surface area (Å²) in [7, 11) is 1.40. The third-order valence-corrected chi connectivity index (χ3v) is 3.96. The molecule has 5 nitrogen and oxygen atoms in total. The third-order valence-electron chi connectivity index (χ3n) is 3.96. The zero-order chi connectivity index (χ0) is 14.8. The molecule has 1 saturated heterocycles. The van der Waals surface area contributed by atoms with Crippen LogP contribution < -0.4 is 0 Å². The van der Waals surface area contributed by atoms with Crippen LogP contribution in [0.3, 0.4) is 0 Å². The van der Waals surface area contributed by atoms with Gasteiger partial charge in [0.25, 0.3) is 0 Å². The van der Waals surface area contributed by atoms with E-state index in [1.807, 2.05) is 13.8 Å². The van der Waals surface area contributed by atoms with Crippen LogP contribution in [0, 0.1) is 17.3 Å². The lowest BCUT2D eigenvalue weighted by molar-refractivity contribution is -0.157. The molecular formula is C15H24O5. The van der Waals surface area contributed by atoms with Gasteiger partial charge in [-0.25, -0.2) is 0 Å². The molecule has 2 fully saturated rings. The van der Waals surface area contributed by atoms with E-state index >= 15 is 0 Å². The second-order valence-corrected chi connectivity index (χ2v) is 6.54. The maximum absolute atomic E-state index is 12.1. The van der Waals surface area contributed by atoms with Gasteiger partial charge in [0.05, 0.1) is 25.0 Å². The van der Waals surface area contributed by atoms with E-state index in [9.17, 15) is 9.59 Å². The first-order chi connectivity index (χ1) is 9.42. The number of carbonyl (C=O) groups excluding carboxylic acids is 2. The van der Waals surface area contributed by atoms with Crippen LogP contribution in [0.5, 0.6) is 0 Å². The fourth-order valence-electron chi connectivity index (χ4n) is 2.41. The van der Waals surface area contributed by atoms with Crippen LogP contribution in [-0.2, 0) is 23.8 Å². The highest BCUT2D eigenvalue weighted by atomic mass is 16.6. The second kappa shape index (κ2) is 6.12. The average molecular weight is 284 g/mol. The van der Waals surface area contributed by atoms with Crippen LogP contribution in [0.25, 0.3) is 0 Å². The highest BCUT2D eigenvalue weighted by molar-refractivity contribution is 5.78. The van der Waals surface area contributed by atoms with Crippen molar-refractivity contribution in [2.45, 2.75) is 45.6 Å². The highest BCUT2D eigenvalue weighted by Gasteiger charge is 2.39. The lowest BCUT2D eigenvalue weighted by Gasteiger charge is -2.26. The number of epoxide rings is 1. The fourth-order valence-corrected chi connectivity index (χ4v) is 2.41. The normalized spacial score (nSPS) is 23.1. The predicted molar refractivity (Wildman–Crippen MR) is 71.9 cm³/mol. The Bertz CT molecular complexity index is 368. The Hall–Kier alpha value is -1.10. The summed E-state index contributed by atoms with van der Waals surface area (Å²) in [6, 6.07) is 0. The zero-order valence-electron chi connectivity index (χ0n) is 12.5. The highest BCUT2D eigenvalue weighted by Crippen LogP contribution is 2.39. The maximum Gasteiger partial charge on any atom is 0.311 e. The summed E-state index contributed by atoms with van der Waals surface area (Å²) < 4.78 is 15.1. The lowest BCUT2D eigenvalue weighted by atomic mass is 9.80. The van der Waals surface area contributed by atoms with Crippen LogP contribution in [0.4, 0.5) is 0 Å². The van der Waals surface area contributed by atoms with Gasteiger partial charge >= 0.3 is 11.9 Å². The van der Waals surface area contributed by atoms with Crippen LogP contribution in [0.2, 0.25) is 0 Å². The molecule has 2 rings (SSSR count). The Kier molecular flexibility index (Phi) is 4.68. The Labute approximate surface area is 120 Å². The first kappa shape index (κ1) is 15.3. The molecule has 5 heteroatoms. The van der Waals surface area contributed by atoms with E-state index in [4.69, 9.17) is 14.2 Å². The summed E-state index contributed by atoms with van der Waals surface area (Å²) in [4.78, 5) is 24.0. The van der Waals surface area contributed by atoms with Gasteiger partial charge in [0.1, 0.15) is 12.7 Å². The molecule has 1 heterocycles. The molecular weight excluding hydrogens is 260 g/mol. The number of ether oxygens (including phenoxy) is 3. The van der Waals surface area contributed by atoms with Crippen LogP contribution >= 0.6 is 0 Å². The molecule has 0 bridgehead atoms. The summed E-state index contributed by atoms with van der Waals surface area (Å²) >= 11 is 0. The van der Waals surface area contributed by atoms with Crippen molar-refractivity contribution in [3.05, 3.63) is 0 Å². The Morgan fingerprint density at radius 2 is 2.00 bits per heavy atom. The molecule has 2 aliphatic rings. The molecule has 0 N–H and O–H groups in total. The van der Waals surface area contributed by atoms with Crippen molar-refractivity contribution < 1.29 is 23.8 Å². The minimum absolute atomic E-state index is 0.0672. The first-order valence-electron chi connectivity index (χ1n) is 7.29. The number of hydrogen-bond donors (Lipinski definition) is 0. The summed E-state index contributed by atoms with van der Waals surface area (Å²) in [6.07, 6.45) is 3.71. The number of methoxy groups -OCH3 is 1. The number of rotatable bonds is 8. The number of hydrogen-bond acceptors (Lipinski definition) is 5. The quantitative estimate of drug-likeness (QED) is 0.503. The van der Waals surface area contributed by atoms with E-state index in [0.717, 1.165) is 6.42 Å². The standard InChI is InChI=1S/C15H24O5/c1-15(2,14(17)20-9-12-8-19-12)7-11(13(16)18-3)6-10-4-5-10/h10-12H,4-9H2,1-3H3. The minimum Gasteiger partial charge on any atom is -0.469 e. The molecule has 2 atom stereocenters. The lowest BCUT2D eigenvalue weighted by Crippen LogP contribution is -2.33. The summed E-state index contributed by atoms with van der Waals surface area (Å²) in [6.45, 7) is 4.63. The molecule has 0 aromatic carbocycles. The van der Waals surface area contributed by atoms with Gasteiger partial charge in [0, 0.05) is 0 Å². The van der Waals surface area contributed by atoms with E-state index < -0.39 is 5.41 Å². The van der Waals surface area contributed by atoms with Crippen LogP contribution in [-0.4, -0.2) is 38.4 Å². The topological polar surface area (TPSA) is 65.1 Å². The largest absolute Gasteiger partial charge is 0.469 e. The predicted octanol–water partition coefficient (Wildman–Crippen LogP) is 1.93. The second-order valence-electron chi connectivity index (χ2n) is 6.54. The third kappa shape index (κ3) is 4.47. The monoisotopic (exact) mass is 284 g/mol. The van der Waals surface area contributed by atoms with E-state index in [-0.39, 0.29) is 24.0 Å². The summed E-state index contributed by atoms with van der Waals surface area (Å²) in [5, 5.41) is 0. The molecule has 1 saturated carbocycles. The van der Waals surface area contributed by atoms with Gasteiger partial charge in [-0.1, -0.05) is 12.8 Å². The average Bonchev–Trinajstić information content (AvgIpc) is 3.27. The molecule has 1 aliphatic heterocycles. The van der Waals surface area contributed by atoms with Gasteiger partial charge in [-0.15, -0.1) is 0 Å². The van der Waals surface area contributed by atoms with Gasteiger partial charge in [-0.3, -0.25) is 9.59 Å². The van der Waals surface area contributed by atoms with Crippen molar-refractivity contribution in [1.82, 2.24) is 0 Å². The molecule has 2 unspecified atom stereocenters. The van der Waals surface area contributed by atoms with Gasteiger partial charge in [0.15, 0.2) is 0 Å². The van der Waals surface area contributed by atoms with Crippen LogP contribution in [0.15, 0.2) is 0 Å². The SMILES string of the molecule is COC(=O)C(CC1CC1)CC(C)(C)C(=O)OCC1CO1. The molecule has 114 valence electrons. The van der Waals surface area contributed by atoms with Gasteiger partial charge in [0.2, 0.25) is 0 Å². The van der Waals surface area contributed by atoms with E-state index in [1.165, 1.54) is 20.0 Å². The molecule has 0 radical (unpaired) electrons. The summed E-state index contributed by atoms with van der Waals surface area (Å²) in [5.41, 5.74) is -0.678. The van der Waals surface area contributed by atoms with Crippen molar-refractivity contribution in [2.24, 2.45) is 17.3 Å². The fraction of sp³-hybridized carbons (Fsp3) is 0.867. The van der Waals surface area contributed by atoms with Crippen molar-refractivity contribution in [3.8, 4) is 0 Å². The smallest absolute Gasteiger partial charge is 0.311 e. The van der Waals surface area contributed by atoms with Crippen molar-refractivity contribution >= 4 is 11.9 Å². The van der Waals surface area contributed by atoms with Gasteiger partial charge < -0.3 is 14.2 Å². The van der Waals surface area contributed by atoms with Crippen LogP contribution in [0.1, 0.15) is 39.5 Å². The number of esters is 2. The molecule has 0 spiro atoms. The Morgan fingerprint density at radius 3 is 2.50 bits per heavy atom.